The molecular formula is C16H33NO2. The van der Waals surface area contributed by atoms with Gasteiger partial charge < -0.3 is 14.8 Å². The molecule has 3 heteroatoms. The van der Waals surface area contributed by atoms with E-state index >= 15 is 0 Å². The summed E-state index contributed by atoms with van der Waals surface area (Å²) < 4.78 is 12.0. The van der Waals surface area contributed by atoms with Gasteiger partial charge in [-0.1, -0.05) is 39.5 Å². The van der Waals surface area contributed by atoms with Gasteiger partial charge in [0.2, 0.25) is 0 Å². The highest BCUT2D eigenvalue weighted by Gasteiger charge is 2.42. The Hall–Kier alpha value is -0.120. The van der Waals surface area contributed by atoms with Crippen LogP contribution in [0, 0.1) is 0 Å². The molecule has 0 saturated heterocycles. The van der Waals surface area contributed by atoms with Crippen LogP contribution in [-0.2, 0) is 9.47 Å². The van der Waals surface area contributed by atoms with Crippen molar-refractivity contribution >= 4 is 0 Å². The largest absolute Gasteiger partial charge is 0.374 e. The number of unbranched alkanes of at least 4 members (excludes halogenated alkanes) is 3. The maximum atomic E-state index is 6.14. The van der Waals surface area contributed by atoms with E-state index < -0.39 is 0 Å². The summed E-state index contributed by atoms with van der Waals surface area (Å²) >= 11 is 0. The van der Waals surface area contributed by atoms with E-state index in [2.05, 4.69) is 26.1 Å². The number of hydrogen-bond acceptors (Lipinski definition) is 3. The summed E-state index contributed by atoms with van der Waals surface area (Å²) in [6.45, 7) is 7.45. The molecule has 0 aromatic heterocycles. The van der Waals surface area contributed by atoms with Crippen LogP contribution in [0.15, 0.2) is 0 Å². The second kappa shape index (κ2) is 9.73. The fourth-order valence-corrected chi connectivity index (χ4v) is 2.70. The number of hydrogen-bond donors (Lipinski definition) is 1. The van der Waals surface area contributed by atoms with E-state index in [0.717, 1.165) is 19.4 Å². The van der Waals surface area contributed by atoms with Crippen molar-refractivity contribution < 1.29 is 9.47 Å². The monoisotopic (exact) mass is 271 g/mol. The van der Waals surface area contributed by atoms with Crippen molar-refractivity contribution in [1.82, 2.24) is 5.32 Å². The molecule has 0 radical (unpaired) electrons. The van der Waals surface area contributed by atoms with Crippen molar-refractivity contribution in [2.75, 3.05) is 13.7 Å². The van der Waals surface area contributed by atoms with Crippen LogP contribution in [0.3, 0.4) is 0 Å². The second-order valence-corrected chi connectivity index (χ2v) is 5.80. The summed E-state index contributed by atoms with van der Waals surface area (Å²) in [4.78, 5) is 0. The molecule has 0 aromatic carbocycles. The normalized spacial score (nSPS) is 28.1. The minimum Gasteiger partial charge on any atom is -0.374 e. The van der Waals surface area contributed by atoms with E-state index in [9.17, 15) is 0 Å². The molecule has 1 saturated carbocycles. The molecule has 3 nitrogen and oxygen atoms in total. The van der Waals surface area contributed by atoms with Crippen molar-refractivity contribution in [1.29, 1.82) is 0 Å². The molecule has 19 heavy (non-hydrogen) atoms. The molecule has 0 spiro atoms. The van der Waals surface area contributed by atoms with E-state index in [0.29, 0.717) is 18.2 Å². The standard InChI is InChI=1S/C16H33NO2/c1-5-7-8-9-10-13(3)19-15-12-14(17-4)16(15)18-11-6-2/h13-17H,5-12H2,1-4H3. The van der Waals surface area contributed by atoms with E-state index in [-0.39, 0.29) is 6.10 Å². The van der Waals surface area contributed by atoms with Gasteiger partial charge in [-0.05, 0) is 33.2 Å². The fraction of sp³-hybridized carbons (Fsp3) is 1.00. The third-order valence-corrected chi connectivity index (χ3v) is 4.01. The molecular weight excluding hydrogens is 238 g/mol. The van der Waals surface area contributed by atoms with Crippen LogP contribution in [0.1, 0.15) is 65.7 Å². The lowest BCUT2D eigenvalue weighted by Crippen LogP contribution is -2.59. The smallest absolute Gasteiger partial charge is 0.0990 e. The van der Waals surface area contributed by atoms with Crippen LogP contribution < -0.4 is 5.32 Å². The van der Waals surface area contributed by atoms with E-state index in [1.54, 1.807) is 0 Å². The van der Waals surface area contributed by atoms with Gasteiger partial charge in [0.05, 0.1) is 18.3 Å². The third kappa shape index (κ3) is 5.80. The molecule has 4 atom stereocenters. The highest BCUT2D eigenvalue weighted by Crippen LogP contribution is 2.29. The summed E-state index contributed by atoms with van der Waals surface area (Å²) in [5.74, 6) is 0. The molecule has 1 rings (SSSR count). The zero-order valence-corrected chi connectivity index (χ0v) is 13.3. The lowest BCUT2D eigenvalue weighted by atomic mass is 9.85. The Labute approximate surface area is 119 Å². The molecule has 1 aliphatic rings. The van der Waals surface area contributed by atoms with Crippen molar-refractivity contribution in [2.45, 2.75) is 90.1 Å². The van der Waals surface area contributed by atoms with Crippen molar-refractivity contribution in [3.8, 4) is 0 Å². The van der Waals surface area contributed by atoms with Crippen LogP contribution in [0.25, 0.3) is 0 Å². The van der Waals surface area contributed by atoms with Gasteiger partial charge in [0.1, 0.15) is 0 Å². The summed E-state index contributed by atoms with van der Waals surface area (Å²) in [7, 11) is 2.01. The van der Waals surface area contributed by atoms with Crippen LogP contribution in [0.2, 0.25) is 0 Å². The molecule has 1 N–H and O–H groups in total. The molecule has 0 heterocycles. The van der Waals surface area contributed by atoms with E-state index in [4.69, 9.17) is 9.47 Å². The summed E-state index contributed by atoms with van der Waals surface area (Å²) in [6.07, 6.45) is 9.54. The lowest BCUT2D eigenvalue weighted by molar-refractivity contribution is -0.164. The fourth-order valence-electron chi connectivity index (χ4n) is 2.70. The van der Waals surface area contributed by atoms with Crippen LogP contribution in [0.5, 0.6) is 0 Å². The second-order valence-electron chi connectivity index (χ2n) is 5.80. The molecule has 4 unspecified atom stereocenters. The van der Waals surface area contributed by atoms with Gasteiger partial charge in [-0.2, -0.15) is 0 Å². The Morgan fingerprint density at radius 2 is 1.95 bits per heavy atom. The predicted octanol–water partition coefficient (Wildman–Crippen LogP) is 3.52. The predicted molar refractivity (Wildman–Crippen MR) is 80.6 cm³/mol. The van der Waals surface area contributed by atoms with Crippen LogP contribution >= 0.6 is 0 Å². The zero-order valence-electron chi connectivity index (χ0n) is 13.3. The number of ether oxygens (including phenoxy) is 2. The van der Waals surface area contributed by atoms with Gasteiger partial charge in [0.25, 0.3) is 0 Å². The van der Waals surface area contributed by atoms with E-state index in [1.807, 2.05) is 7.05 Å². The Bertz CT molecular complexity index is 223. The molecule has 0 aliphatic heterocycles. The van der Waals surface area contributed by atoms with E-state index in [1.165, 1.54) is 32.1 Å². The van der Waals surface area contributed by atoms with Crippen LogP contribution in [0.4, 0.5) is 0 Å². The first-order valence-corrected chi connectivity index (χ1v) is 8.17. The summed E-state index contributed by atoms with van der Waals surface area (Å²) in [5, 5.41) is 3.32. The number of rotatable bonds is 11. The van der Waals surface area contributed by atoms with Crippen molar-refractivity contribution in [3.63, 3.8) is 0 Å². The highest BCUT2D eigenvalue weighted by atomic mass is 16.6. The number of nitrogens with one attached hydrogen (secondary N) is 1. The SMILES string of the molecule is CCCCCCC(C)OC1CC(NC)C1OCCC. The molecule has 0 aromatic rings. The lowest BCUT2D eigenvalue weighted by Gasteiger charge is -2.44. The molecule has 114 valence electrons. The molecule has 1 aliphatic carbocycles. The summed E-state index contributed by atoms with van der Waals surface area (Å²) in [6, 6.07) is 0.476. The average Bonchev–Trinajstić information content (AvgIpc) is 2.39. The zero-order chi connectivity index (χ0) is 14.1. The minimum absolute atomic E-state index is 0.253. The Morgan fingerprint density at radius 1 is 1.16 bits per heavy atom. The first kappa shape index (κ1) is 16.9. The Kier molecular flexibility index (Phi) is 8.67. The van der Waals surface area contributed by atoms with Gasteiger partial charge in [-0.15, -0.1) is 0 Å². The van der Waals surface area contributed by atoms with Gasteiger partial charge in [-0.3, -0.25) is 0 Å². The number of likely N-dealkylation sites (N-methyl/N-ethyl adjacent to an activating group) is 1. The maximum Gasteiger partial charge on any atom is 0.0990 e. The quantitative estimate of drug-likeness (QED) is 0.583. The van der Waals surface area contributed by atoms with Crippen molar-refractivity contribution in [2.24, 2.45) is 0 Å². The van der Waals surface area contributed by atoms with Crippen LogP contribution in [-0.4, -0.2) is 38.0 Å². The molecule has 0 bridgehead atoms. The topological polar surface area (TPSA) is 30.5 Å². The van der Waals surface area contributed by atoms with Gasteiger partial charge in [0.15, 0.2) is 0 Å². The Morgan fingerprint density at radius 3 is 2.58 bits per heavy atom. The first-order chi connectivity index (χ1) is 9.22. The average molecular weight is 271 g/mol. The van der Waals surface area contributed by atoms with Gasteiger partial charge in [0, 0.05) is 12.6 Å². The molecule has 1 fully saturated rings. The minimum atomic E-state index is 0.253. The highest BCUT2D eigenvalue weighted by molar-refractivity contribution is 4.97. The molecule has 0 amide bonds. The van der Waals surface area contributed by atoms with Gasteiger partial charge in [-0.25, -0.2) is 0 Å². The van der Waals surface area contributed by atoms with Crippen molar-refractivity contribution in [3.05, 3.63) is 0 Å². The third-order valence-electron chi connectivity index (χ3n) is 4.01. The maximum absolute atomic E-state index is 6.14. The first-order valence-electron chi connectivity index (χ1n) is 8.17. The van der Waals surface area contributed by atoms with Gasteiger partial charge >= 0.3 is 0 Å². The summed E-state index contributed by atoms with van der Waals surface area (Å²) in [5.41, 5.74) is 0. The Balaban J connectivity index is 2.19.